The Balaban J connectivity index is 2.95. The summed E-state index contributed by atoms with van der Waals surface area (Å²) in [5.74, 6) is 0. The fourth-order valence-electron chi connectivity index (χ4n) is 2.95. The highest BCUT2D eigenvalue weighted by atomic mass is 16.5. The molecular formula is C21H41O. The van der Waals surface area contributed by atoms with E-state index in [1.165, 1.54) is 103 Å². The van der Waals surface area contributed by atoms with Gasteiger partial charge in [0.15, 0.2) is 0 Å². The highest BCUT2D eigenvalue weighted by molar-refractivity contribution is 4.72. The number of allylic oxidation sites excluding steroid dienone is 1. The molecule has 0 bridgehead atoms. The summed E-state index contributed by atoms with van der Waals surface area (Å²) in [6, 6.07) is 0. The first-order valence-corrected chi connectivity index (χ1v) is 9.97. The molecule has 1 radical (unpaired) electrons. The maximum Gasteiger partial charge on any atom is 0.121 e. The van der Waals surface area contributed by atoms with Crippen LogP contribution in [0.1, 0.15) is 116 Å². The average Bonchev–Trinajstić information content (AvgIpc) is 2.54. The van der Waals surface area contributed by atoms with Crippen LogP contribution in [0.25, 0.3) is 0 Å². The third kappa shape index (κ3) is 19.5. The lowest BCUT2D eigenvalue weighted by Gasteiger charge is -2.03. The first-order chi connectivity index (χ1) is 10.9. The van der Waals surface area contributed by atoms with Gasteiger partial charge in [-0.1, -0.05) is 103 Å². The molecule has 0 fully saturated rings. The largest absolute Gasteiger partial charge is 0.498 e. The van der Waals surface area contributed by atoms with Crippen LogP contribution >= 0.6 is 0 Å². The Bertz CT molecular complexity index is 210. The Hall–Kier alpha value is -0.460. The second-order valence-corrected chi connectivity index (χ2v) is 6.63. The van der Waals surface area contributed by atoms with Crippen molar-refractivity contribution in [3.05, 3.63) is 19.4 Å². The smallest absolute Gasteiger partial charge is 0.121 e. The van der Waals surface area contributed by atoms with Crippen molar-refractivity contribution in [2.75, 3.05) is 0 Å². The van der Waals surface area contributed by atoms with E-state index in [0.717, 1.165) is 6.42 Å². The summed E-state index contributed by atoms with van der Waals surface area (Å²) < 4.78 is 4.64. The van der Waals surface area contributed by atoms with Gasteiger partial charge >= 0.3 is 0 Å². The molecule has 0 heterocycles. The van der Waals surface area contributed by atoms with Gasteiger partial charge in [0, 0.05) is 0 Å². The molecule has 0 spiro atoms. The number of hydrogen-bond donors (Lipinski definition) is 0. The second-order valence-electron chi connectivity index (χ2n) is 6.63. The van der Waals surface area contributed by atoms with Crippen molar-refractivity contribution in [3.8, 4) is 0 Å². The molecule has 0 unspecified atom stereocenters. The van der Waals surface area contributed by atoms with Crippen molar-refractivity contribution in [2.45, 2.75) is 116 Å². The Kier molecular flexibility index (Phi) is 20.1. The van der Waals surface area contributed by atoms with Crippen LogP contribution in [0.5, 0.6) is 0 Å². The average molecular weight is 310 g/mol. The maximum atomic E-state index is 4.64. The molecule has 0 aliphatic carbocycles. The van der Waals surface area contributed by atoms with E-state index in [9.17, 15) is 0 Å². The van der Waals surface area contributed by atoms with Crippen molar-refractivity contribution in [1.82, 2.24) is 0 Å². The minimum absolute atomic E-state index is 1.13. The van der Waals surface area contributed by atoms with Crippen LogP contribution in [-0.4, -0.2) is 0 Å². The van der Waals surface area contributed by atoms with E-state index in [1.807, 2.05) is 0 Å². The molecule has 22 heavy (non-hydrogen) atoms. The summed E-state index contributed by atoms with van der Waals surface area (Å²) in [5, 5.41) is 0. The lowest BCUT2D eigenvalue weighted by molar-refractivity contribution is 0.391. The number of rotatable bonds is 18. The molecule has 0 aliphatic rings. The zero-order valence-electron chi connectivity index (χ0n) is 15.3. The van der Waals surface area contributed by atoms with Crippen molar-refractivity contribution >= 4 is 0 Å². The fourth-order valence-corrected chi connectivity index (χ4v) is 2.95. The molecule has 131 valence electrons. The highest BCUT2D eigenvalue weighted by Crippen LogP contribution is 2.14. The molecule has 0 aromatic carbocycles. The predicted octanol–water partition coefficient (Wildman–Crippen LogP) is 7.96. The van der Waals surface area contributed by atoms with Crippen LogP contribution in [0.2, 0.25) is 0 Å². The number of unbranched alkanes of at least 4 members (excludes halogenated alkanes) is 16. The summed E-state index contributed by atoms with van der Waals surface area (Å²) in [5.41, 5.74) is 0. The topological polar surface area (TPSA) is 9.23 Å². The van der Waals surface area contributed by atoms with Crippen LogP contribution in [0, 0.1) is 7.11 Å². The summed E-state index contributed by atoms with van der Waals surface area (Å²) in [6.45, 7) is 2.29. The normalized spacial score (nSPS) is 11.4. The molecule has 0 atom stereocenters. The summed E-state index contributed by atoms with van der Waals surface area (Å²) >= 11 is 0. The van der Waals surface area contributed by atoms with E-state index in [0.29, 0.717) is 0 Å². The van der Waals surface area contributed by atoms with Crippen molar-refractivity contribution in [1.29, 1.82) is 0 Å². The number of hydrogen-bond acceptors (Lipinski definition) is 1. The van der Waals surface area contributed by atoms with Crippen LogP contribution in [-0.2, 0) is 4.74 Å². The Morgan fingerprint density at radius 2 is 0.955 bits per heavy atom. The van der Waals surface area contributed by atoms with Crippen LogP contribution < -0.4 is 0 Å². The summed E-state index contributed by atoms with van der Waals surface area (Å²) in [6.07, 6.45) is 27.8. The zero-order valence-corrected chi connectivity index (χ0v) is 15.3. The summed E-state index contributed by atoms with van der Waals surface area (Å²) in [4.78, 5) is 0. The lowest BCUT2D eigenvalue weighted by Crippen LogP contribution is -1.83. The first kappa shape index (κ1) is 21.5. The molecule has 0 aromatic rings. The third-order valence-corrected chi connectivity index (χ3v) is 4.42. The SMILES string of the molecule is [CH2]OC=CCCCCCCCCCCCCCCCCCC. The molecule has 0 saturated heterocycles. The Morgan fingerprint density at radius 3 is 1.32 bits per heavy atom. The summed E-state index contributed by atoms with van der Waals surface area (Å²) in [7, 11) is 3.31. The van der Waals surface area contributed by atoms with Crippen molar-refractivity contribution < 1.29 is 4.74 Å². The molecule has 0 amide bonds. The third-order valence-electron chi connectivity index (χ3n) is 4.42. The standard InChI is InChI=1S/C21H41O/c1-3-4-5-6-7-8-9-10-11-12-13-14-15-16-17-18-19-20-21-22-2/h20-21H,2-19H2,1H3. The van der Waals surface area contributed by atoms with Crippen LogP contribution in [0.4, 0.5) is 0 Å². The Morgan fingerprint density at radius 1 is 0.591 bits per heavy atom. The highest BCUT2D eigenvalue weighted by Gasteiger charge is 1.94. The second kappa shape index (κ2) is 20.5. The van der Waals surface area contributed by atoms with Gasteiger partial charge < -0.3 is 4.74 Å². The van der Waals surface area contributed by atoms with E-state index in [2.05, 4.69) is 24.8 Å². The van der Waals surface area contributed by atoms with E-state index in [4.69, 9.17) is 0 Å². The zero-order chi connectivity index (χ0) is 16.1. The lowest BCUT2D eigenvalue weighted by atomic mass is 10.0. The van der Waals surface area contributed by atoms with E-state index in [-0.39, 0.29) is 0 Å². The van der Waals surface area contributed by atoms with Gasteiger partial charge in [-0.3, -0.25) is 0 Å². The van der Waals surface area contributed by atoms with Gasteiger partial charge in [0.25, 0.3) is 0 Å². The van der Waals surface area contributed by atoms with Gasteiger partial charge in [0.2, 0.25) is 0 Å². The van der Waals surface area contributed by atoms with Crippen LogP contribution in [0.15, 0.2) is 12.3 Å². The predicted molar refractivity (Wildman–Crippen MR) is 99.7 cm³/mol. The van der Waals surface area contributed by atoms with Gasteiger partial charge in [-0.25, -0.2) is 0 Å². The maximum absolute atomic E-state index is 4.64. The molecule has 0 rings (SSSR count). The van der Waals surface area contributed by atoms with Crippen LogP contribution in [0.3, 0.4) is 0 Å². The molecule has 1 heteroatoms. The van der Waals surface area contributed by atoms with Gasteiger partial charge in [-0.05, 0) is 18.9 Å². The number of ether oxygens (including phenoxy) is 1. The molecule has 0 saturated carbocycles. The van der Waals surface area contributed by atoms with Gasteiger partial charge in [-0.2, -0.15) is 0 Å². The molecule has 0 aliphatic heterocycles. The van der Waals surface area contributed by atoms with Crippen molar-refractivity contribution in [2.24, 2.45) is 0 Å². The molecule has 0 N–H and O–H groups in total. The monoisotopic (exact) mass is 309 g/mol. The quantitative estimate of drug-likeness (QED) is 0.184. The molecule has 1 nitrogen and oxygen atoms in total. The first-order valence-electron chi connectivity index (χ1n) is 9.97. The minimum atomic E-state index is 1.13. The van der Waals surface area contributed by atoms with Crippen molar-refractivity contribution in [3.63, 3.8) is 0 Å². The fraction of sp³-hybridized carbons (Fsp3) is 0.857. The Labute approximate surface area is 140 Å². The van der Waals surface area contributed by atoms with E-state index >= 15 is 0 Å². The minimum Gasteiger partial charge on any atom is -0.498 e. The molecular weight excluding hydrogens is 268 g/mol. The van der Waals surface area contributed by atoms with E-state index < -0.39 is 0 Å². The van der Waals surface area contributed by atoms with Gasteiger partial charge in [-0.15, -0.1) is 0 Å². The molecule has 0 aromatic heterocycles. The van der Waals surface area contributed by atoms with Gasteiger partial charge in [0.05, 0.1) is 6.26 Å². The van der Waals surface area contributed by atoms with Gasteiger partial charge in [0.1, 0.15) is 7.11 Å². The van der Waals surface area contributed by atoms with E-state index in [1.54, 1.807) is 6.26 Å².